The predicted molar refractivity (Wildman–Crippen MR) is 78.8 cm³/mol. The average molecular weight is 257 g/mol. The minimum atomic E-state index is -0.303. The Hall–Kier alpha value is -1.26. The van der Waals surface area contributed by atoms with Gasteiger partial charge in [0.1, 0.15) is 0 Å². The SMILES string of the molecule is Cc1ccc2[nH]ccc2c1B1OC(C)(C)C(C)(C)O1. The van der Waals surface area contributed by atoms with Crippen molar-refractivity contribution < 1.29 is 9.31 Å². The fourth-order valence-electron chi connectivity index (χ4n) is 2.54. The van der Waals surface area contributed by atoms with Crippen molar-refractivity contribution in [2.45, 2.75) is 45.8 Å². The lowest BCUT2D eigenvalue weighted by atomic mass is 9.74. The van der Waals surface area contributed by atoms with Crippen LogP contribution in [0.4, 0.5) is 0 Å². The minimum Gasteiger partial charge on any atom is -0.399 e. The van der Waals surface area contributed by atoms with E-state index in [1.165, 1.54) is 10.9 Å². The van der Waals surface area contributed by atoms with E-state index >= 15 is 0 Å². The van der Waals surface area contributed by atoms with Crippen molar-refractivity contribution in [2.24, 2.45) is 0 Å². The molecule has 1 N–H and O–H groups in total. The average Bonchev–Trinajstić information content (AvgIpc) is 2.81. The Balaban J connectivity index is 2.12. The first-order chi connectivity index (χ1) is 8.82. The molecular weight excluding hydrogens is 237 g/mol. The largest absolute Gasteiger partial charge is 0.495 e. The summed E-state index contributed by atoms with van der Waals surface area (Å²) in [6.45, 7) is 10.4. The van der Waals surface area contributed by atoms with E-state index in [4.69, 9.17) is 9.31 Å². The van der Waals surface area contributed by atoms with Crippen molar-refractivity contribution in [3.8, 4) is 0 Å². The maximum Gasteiger partial charge on any atom is 0.495 e. The summed E-state index contributed by atoms with van der Waals surface area (Å²) >= 11 is 0. The van der Waals surface area contributed by atoms with Gasteiger partial charge in [-0.3, -0.25) is 0 Å². The van der Waals surface area contributed by atoms with E-state index < -0.39 is 0 Å². The van der Waals surface area contributed by atoms with Crippen LogP contribution in [-0.2, 0) is 9.31 Å². The maximum atomic E-state index is 6.17. The van der Waals surface area contributed by atoms with E-state index in [0.717, 1.165) is 11.0 Å². The molecule has 2 aromatic rings. The standard InChI is InChI=1S/C15H20BNO2/c1-10-6-7-12-11(8-9-17-12)13(10)16-18-14(2,3)15(4,5)19-16/h6-9,17H,1-5H3. The summed E-state index contributed by atoms with van der Waals surface area (Å²) in [5.74, 6) is 0. The van der Waals surface area contributed by atoms with Gasteiger partial charge in [0.25, 0.3) is 0 Å². The number of benzene rings is 1. The highest BCUT2D eigenvalue weighted by atomic mass is 16.7. The number of aromatic nitrogens is 1. The first-order valence-corrected chi connectivity index (χ1v) is 6.74. The molecule has 1 aliphatic rings. The van der Waals surface area contributed by atoms with Crippen LogP contribution in [0, 0.1) is 6.92 Å². The van der Waals surface area contributed by atoms with Gasteiger partial charge in [-0.1, -0.05) is 11.6 Å². The van der Waals surface area contributed by atoms with Crippen molar-refractivity contribution in [1.82, 2.24) is 4.98 Å². The monoisotopic (exact) mass is 257 g/mol. The summed E-state index contributed by atoms with van der Waals surface area (Å²) in [7, 11) is -0.301. The number of aromatic amines is 1. The summed E-state index contributed by atoms with van der Waals surface area (Å²) in [5, 5.41) is 1.18. The van der Waals surface area contributed by atoms with E-state index in [-0.39, 0.29) is 18.3 Å². The quantitative estimate of drug-likeness (QED) is 0.797. The molecule has 0 radical (unpaired) electrons. The summed E-state index contributed by atoms with van der Waals surface area (Å²) in [5.41, 5.74) is 2.85. The van der Waals surface area contributed by atoms with Gasteiger partial charge in [-0.2, -0.15) is 0 Å². The van der Waals surface area contributed by atoms with E-state index in [9.17, 15) is 0 Å². The summed E-state index contributed by atoms with van der Waals surface area (Å²) in [6.07, 6.45) is 1.96. The van der Waals surface area contributed by atoms with Crippen LogP contribution >= 0.6 is 0 Å². The molecule has 0 saturated carbocycles. The molecular formula is C15H20BNO2. The molecule has 4 heteroatoms. The summed E-state index contributed by atoms with van der Waals surface area (Å²) in [4.78, 5) is 3.24. The van der Waals surface area contributed by atoms with Gasteiger partial charge in [-0.25, -0.2) is 0 Å². The zero-order valence-corrected chi connectivity index (χ0v) is 12.2. The van der Waals surface area contributed by atoms with Crippen molar-refractivity contribution in [2.75, 3.05) is 0 Å². The molecule has 100 valence electrons. The Morgan fingerprint density at radius 2 is 1.63 bits per heavy atom. The topological polar surface area (TPSA) is 34.2 Å². The zero-order chi connectivity index (χ0) is 13.8. The lowest BCUT2D eigenvalue weighted by Crippen LogP contribution is -2.41. The van der Waals surface area contributed by atoms with E-state index in [0.29, 0.717) is 0 Å². The summed E-state index contributed by atoms with van der Waals surface area (Å²) in [6, 6.07) is 6.29. The fraction of sp³-hybridized carbons (Fsp3) is 0.467. The number of H-pyrrole nitrogens is 1. The Labute approximate surface area is 114 Å². The first-order valence-electron chi connectivity index (χ1n) is 6.74. The molecule has 0 amide bonds. The second-order valence-electron chi connectivity index (χ2n) is 6.32. The molecule has 1 aromatic heterocycles. The van der Waals surface area contributed by atoms with Crippen LogP contribution in [0.5, 0.6) is 0 Å². The number of hydrogen-bond donors (Lipinski definition) is 1. The second kappa shape index (κ2) is 3.87. The molecule has 1 aliphatic heterocycles. The number of nitrogens with one attached hydrogen (secondary N) is 1. The van der Waals surface area contributed by atoms with Gasteiger partial charge in [-0.05, 0) is 57.6 Å². The molecule has 3 rings (SSSR count). The van der Waals surface area contributed by atoms with Crippen LogP contribution in [0.2, 0.25) is 0 Å². The van der Waals surface area contributed by atoms with Gasteiger partial charge < -0.3 is 14.3 Å². The molecule has 1 aromatic carbocycles. The third kappa shape index (κ3) is 1.82. The summed E-state index contributed by atoms with van der Waals surface area (Å²) < 4.78 is 12.3. The number of fused-ring (bicyclic) bond motifs is 1. The van der Waals surface area contributed by atoms with Crippen LogP contribution in [0.1, 0.15) is 33.3 Å². The van der Waals surface area contributed by atoms with Crippen LogP contribution in [-0.4, -0.2) is 23.3 Å². The van der Waals surface area contributed by atoms with E-state index in [2.05, 4.69) is 57.8 Å². The molecule has 0 atom stereocenters. The number of aryl methyl sites for hydroxylation is 1. The Morgan fingerprint density at radius 3 is 2.26 bits per heavy atom. The molecule has 19 heavy (non-hydrogen) atoms. The molecule has 3 nitrogen and oxygen atoms in total. The van der Waals surface area contributed by atoms with E-state index in [1.54, 1.807) is 0 Å². The lowest BCUT2D eigenvalue weighted by molar-refractivity contribution is 0.00578. The fourth-order valence-corrected chi connectivity index (χ4v) is 2.54. The highest BCUT2D eigenvalue weighted by molar-refractivity contribution is 6.65. The third-order valence-electron chi connectivity index (χ3n) is 4.48. The highest BCUT2D eigenvalue weighted by Gasteiger charge is 2.52. The molecule has 0 aliphatic carbocycles. The van der Waals surface area contributed by atoms with Gasteiger partial charge >= 0.3 is 7.12 Å². The van der Waals surface area contributed by atoms with Crippen molar-refractivity contribution >= 4 is 23.5 Å². The Bertz CT molecular complexity index is 614. The molecule has 1 saturated heterocycles. The van der Waals surface area contributed by atoms with Crippen LogP contribution in [0.15, 0.2) is 24.4 Å². The second-order valence-corrected chi connectivity index (χ2v) is 6.32. The molecule has 0 unspecified atom stereocenters. The van der Waals surface area contributed by atoms with Gasteiger partial charge in [0.2, 0.25) is 0 Å². The maximum absolute atomic E-state index is 6.17. The third-order valence-corrected chi connectivity index (χ3v) is 4.48. The first kappa shape index (κ1) is 12.8. The lowest BCUT2D eigenvalue weighted by Gasteiger charge is -2.32. The Morgan fingerprint density at radius 1 is 1.00 bits per heavy atom. The van der Waals surface area contributed by atoms with Gasteiger partial charge in [0.05, 0.1) is 11.2 Å². The van der Waals surface area contributed by atoms with Gasteiger partial charge in [-0.15, -0.1) is 0 Å². The molecule has 0 spiro atoms. The molecule has 2 heterocycles. The predicted octanol–water partition coefficient (Wildman–Crippen LogP) is 2.78. The van der Waals surface area contributed by atoms with E-state index in [1.807, 2.05) is 6.20 Å². The Kier molecular flexibility index (Phi) is 2.60. The van der Waals surface area contributed by atoms with Crippen molar-refractivity contribution in [3.63, 3.8) is 0 Å². The van der Waals surface area contributed by atoms with Crippen LogP contribution in [0.25, 0.3) is 10.9 Å². The molecule has 1 fully saturated rings. The minimum absolute atomic E-state index is 0.301. The van der Waals surface area contributed by atoms with Crippen LogP contribution < -0.4 is 5.46 Å². The number of rotatable bonds is 1. The molecule has 0 bridgehead atoms. The normalized spacial score (nSPS) is 21.2. The highest BCUT2D eigenvalue weighted by Crippen LogP contribution is 2.37. The van der Waals surface area contributed by atoms with Crippen LogP contribution in [0.3, 0.4) is 0 Å². The number of hydrogen-bond acceptors (Lipinski definition) is 2. The van der Waals surface area contributed by atoms with Crippen molar-refractivity contribution in [3.05, 3.63) is 30.0 Å². The smallest absolute Gasteiger partial charge is 0.399 e. The zero-order valence-electron chi connectivity index (χ0n) is 12.2. The van der Waals surface area contributed by atoms with Crippen molar-refractivity contribution in [1.29, 1.82) is 0 Å². The van der Waals surface area contributed by atoms with Gasteiger partial charge in [0.15, 0.2) is 0 Å². The van der Waals surface area contributed by atoms with Gasteiger partial charge in [0, 0.05) is 11.7 Å².